The Hall–Kier alpha value is -2.55. The van der Waals surface area contributed by atoms with Crippen LogP contribution in [0.2, 0.25) is 0 Å². The topological polar surface area (TPSA) is 93.0 Å². The van der Waals surface area contributed by atoms with Gasteiger partial charge in [-0.2, -0.15) is 31.4 Å². The summed E-state index contributed by atoms with van der Waals surface area (Å²) in [5.41, 5.74) is -1.97. The van der Waals surface area contributed by atoms with Crippen molar-refractivity contribution in [3.05, 3.63) is 24.2 Å². The number of aromatic nitrogens is 4. The van der Waals surface area contributed by atoms with Crippen LogP contribution in [0.4, 0.5) is 32.3 Å². The van der Waals surface area contributed by atoms with Crippen LogP contribution in [0.15, 0.2) is 18.6 Å². The van der Waals surface area contributed by atoms with E-state index in [2.05, 4.69) is 20.4 Å². The molecule has 3 unspecified atom stereocenters. The van der Waals surface area contributed by atoms with E-state index < -0.39 is 41.1 Å². The number of nitrogens with one attached hydrogen (secondary N) is 1. The Morgan fingerprint density at radius 3 is 2.46 bits per heavy atom. The Morgan fingerprint density at radius 2 is 1.81 bits per heavy atom. The fraction of sp³-hybridized carbons (Fsp3) is 0.636. The van der Waals surface area contributed by atoms with Crippen LogP contribution in [0, 0.1) is 5.92 Å². The summed E-state index contributed by atoms with van der Waals surface area (Å²) >= 11 is 0. The molecule has 0 amide bonds. The molecule has 8 nitrogen and oxygen atoms in total. The molecule has 37 heavy (non-hydrogen) atoms. The van der Waals surface area contributed by atoms with Crippen LogP contribution in [-0.2, 0) is 28.5 Å². The average molecular weight is 553 g/mol. The molecule has 1 N–H and O–H groups in total. The first-order valence-electron chi connectivity index (χ1n) is 11.8. The maximum Gasteiger partial charge on any atom is 0.419 e. The third kappa shape index (κ3) is 7.06. The summed E-state index contributed by atoms with van der Waals surface area (Å²) in [4.78, 5) is 18.9. The van der Waals surface area contributed by atoms with E-state index >= 15 is 0 Å². The van der Waals surface area contributed by atoms with E-state index in [1.54, 1.807) is 0 Å². The van der Waals surface area contributed by atoms with Crippen molar-refractivity contribution in [1.82, 2.24) is 24.1 Å². The second-order valence-corrected chi connectivity index (χ2v) is 11.0. The lowest BCUT2D eigenvalue weighted by molar-refractivity contribution is -0.142. The van der Waals surface area contributed by atoms with Gasteiger partial charge in [0.05, 0.1) is 28.1 Å². The number of halogens is 6. The molecule has 0 spiro atoms. The fourth-order valence-electron chi connectivity index (χ4n) is 4.70. The van der Waals surface area contributed by atoms with Crippen LogP contribution in [0.25, 0.3) is 11.3 Å². The summed E-state index contributed by atoms with van der Waals surface area (Å²) in [7, 11) is -1.22. The van der Waals surface area contributed by atoms with Gasteiger partial charge >= 0.3 is 12.4 Å². The van der Waals surface area contributed by atoms with E-state index in [1.807, 2.05) is 4.31 Å². The quantitative estimate of drug-likeness (QED) is 0.409. The van der Waals surface area contributed by atoms with Gasteiger partial charge < -0.3 is 10.1 Å². The molecule has 4 rings (SSSR count). The highest BCUT2D eigenvalue weighted by Crippen LogP contribution is 2.36. The van der Waals surface area contributed by atoms with Crippen molar-refractivity contribution in [2.75, 3.05) is 18.4 Å². The van der Waals surface area contributed by atoms with E-state index in [-0.39, 0.29) is 28.7 Å². The van der Waals surface area contributed by atoms with Gasteiger partial charge in [-0.1, -0.05) is 6.42 Å². The number of rotatable bonds is 7. The molecular formula is C22H26F6N6O2S. The van der Waals surface area contributed by atoms with Gasteiger partial charge in [0.2, 0.25) is 5.95 Å². The summed E-state index contributed by atoms with van der Waals surface area (Å²) in [6.07, 6.45) is -1.93. The molecule has 2 aliphatic rings. The number of nitrogens with zero attached hydrogens (tertiary/aromatic N) is 5. The second-order valence-electron chi connectivity index (χ2n) is 9.30. The Morgan fingerprint density at radius 1 is 1.08 bits per heavy atom. The van der Waals surface area contributed by atoms with E-state index in [9.17, 15) is 35.3 Å². The van der Waals surface area contributed by atoms with Crippen molar-refractivity contribution in [2.45, 2.75) is 68.7 Å². The lowest BCUT2D eigenvalue weighted by Crippen LogP contribution is -2.44. The van der Waals surface area contributed by atoms with E-state index in [1.165, 1.54) is 0 Å². The Kier molecular flexibility index (Phi) is 8.21. The SMILES string of the molecule is O=CC1CCCC(S(=O)N2CCC(Nc3ncc(C(F)(F)F)c(-c4cnn(CC(F)(F)F)c4)n3)CC2)C1. The maximum atomic E-state index is 13.6. The van der Waals surface area contributed by atoms with Crippen molar-refractivity contribution in [2.24, 2.45) is 5.92 Å². The van der Waals surface area contributed by atoms with E-state index in [4.69, 9.17) is 0 Å². The first kappa shape index (κ1) is 27.5. The summed E-state index contributed by atoms with van der Waals surface area (Å²) in [5.74, 6) is -0.152. The molecule has 3 atom stereocenters. The summed E-state index contributed by atoms with van der Waals surface area (Å²) in [6, 6.07) is -0.195. The maximum absolute atomic E-state index is 13.6. The molecule has 2 aromatic heterocycles. The Bertz CT molecular complexity index is 1120. The number of piperidine rings is 1. The molecule has 3 heterocycles. The van der Waals surface area contributed by atoms with Crippen molar-refractivity contribution < 1.29 is 35.3 Å². The van der Waals surface area contributed by atoms with Gasteiger partial charge in [0.1, 0.15) is 18.4 Å². The summed E-state index contributed by atoms with van der Waals surface area (Å²) in [5, 5.41) is 6.45. The molecule has 1 saturated carbocycles. The number of hydrogen-bond donors (Lipinski definition) is 1. The number of carbonyl (C=O) groups excluding carboxylic acids is 1. The molecular weight excluding hydrogens is 526 g/mol. The predicted molar refractivity (Wildman–Crippen MR) is 122 cm³/mol. The lowest BCUT2D eigenvalue weighted by atomic mass is 9.90. The molecule has 204 valence electrons. The molecule has 0 aromatic carbocycles. The second kappa shape index (κ2) is 11.1. The van der Waals surface area contributed by atoms with Crippen LogP contribution in [0.1, 0.15) is 44.1 Å². The molecule has 1 aliphatic carbocycles. The van der Waals surface area contributed by atoms with Crippen LogP contribution < -0.4 is 5.32 Å². The molecule has 2 aromatic rings. The third-order valence-corrected chi connectivity index (χ3v) is 8.40. The van der Waals surface area contributed by atoms with E-state index in [0.29, 0.717) is 43.2 Å². The van der Waals surface area contributed by atoms with Crippen molar-refractivity contribution >= 4 is 23.2 Å². The summed E-state index contributed by atoms with van der Waals surface area (Å²) in [6.45, 7) is -0.463. The molecule has 2 fully saturated rings. The monoisotopic (exact) mass is 552 g/mol. The zero-order valence-corrected chi connectivity index (χ0v) is 20.5. The third-order valence-electron chi connectivity index (χ3n) is 6.53. The number of aldehydes is 1. The molecule has 0 bridgehead atoms. The average Bonchev–Trinajstić information content (AvgIpc) is 3.30. The van der Waals surface area contributed by atoms with Gasteiger partial charge in [0.15, 0.2) is 0 Å². The smallest absolute Gasteiger partial charge is 0.351 e. The normalized spacial score (nSPS) is 23.1. The zero-order chi connectivity index (χ0) is 26.8. The van der Waals surface area contributed by atoms with Gasteiger partial charge in [0, 0.05) is 43.0 Å². The molecule has 0 radical (unpaired) electrons. The van der Waals surface area contributed by atoms with Crippen molar-refractivity contribution in [3.63, 3.8) is 0 Å². The van der Waals surface area contributed by atoms with Gasteiger partial charge in [-0.15, -0.1) is 0 Å². The van der Waals surface area contributed by atoms with E-state index in [0.717, 1.165) is 37.9 Å². The summed E-state index contributed by atoms with van der Waals surface area (Å²) < 4.78 is 94.0. The number of hydrogen-bond acceptors (Lipinski definition) is 6. The minimum Gasteiger partial charge on any atom is -0.351 e. The van der Waals surface area contributed by atoms with Crippen LogP contribution >= 0.6 is 0 Å². The standard InChI is InChI=1S/C22H26F6N6O2S/c23-21(24,25)13-33-11-15(9-30-33)19-18(22(26,27)28)10-29-20(32-19)31-16-4-6-34(7-5-16)37(36)17-3-1-2-14(8-17)12-35/h9-12,14,16-17H,1-8,13H2,(H,29,31,32). The highest BCUT2D eigenvalue weighted by molar-refractivity contribution is 7.83. The molecule has 1 saturated heterocycles. The van der Waals surface area contributed by atoms with Crippen LogP contribution in [0.5, 0.6) is 0 Å². The van der Waals surface area contributed by atoms with Crippen molar-refractivity contribution in [1.29, 1.82) is 0 Å². The van der Waals surface area contributed by atoms with Gasteiger partial charge in [0.25, 0.3) is 0 Å². The van der Waals surface area contributed by atoms with Gasteiger partial charge in [-0.05, 0) is 32.1 Å². The number of carbonyl (C=O) groups is 1. The highest BCUT2D eigenvalue weighted by atomic mass is 32.2. The Labute approximate surface area is 211 Å². The molecule has 1 aliphatic heterocycles. The van der Waals surface area contributed by atoms with Crippen LogP contribution in [0.3, 0.4) is 0 Å². The van der Waals surface area contributed by atoms with Crippen LogP contribution in [-0.4, -0.2) is 65.1 Å². The largest absolute Gasteiger partial charge is 0.419 e. The van der Waals surface area contributed by atoms with Gasteiger partial charge in [-0.25, -0.2) is 18.5 Å². The minimum absolute atomic E-state index is 0.0616. The minimum atomic E-state index is -4.82. The first-order valence-corrected chi connectivity index (χ1v) is 13.0. The van der Waals surface area contributed by atoms with Crippen molar-refractivity contribution in [3.8, 4) is 11.3 Å². The Balaban J connectivity index is 1.43. The fourth-order valence-corrected chi connectivity index (χ4v) is 6.47. The number of alkyl halides is 6. The lowest BCUT2D eigenvalue weighted by Gasteiger charge is -2.35. The zero-order valence-electron chi connectivity index (χ0n) is 19.6. The number of anilines is 1. The van der Waals surface area contributed by atoms with Gasteiger partial charge in [-0.3, -0.25) is 4.68 Å². The molecule has 15 heteroatoms. The first-order chi connectivity index (χ1) is 17.4. The predicted octanol–water partition coefficient (Wildman–Crippen LogP) is 4.22. The highest BCUT2D eigenvalue weighted by Gasteiger charge is 2.37.